The largest absolute Gasteiger partial charge is 0.384 e. The summed E-state index contributed by atoms with van der Waals surface area (Å²) in [7, 11) is 3.45. The third-order valence-electron chi connectivity index (χ3n) is 2.75. The predicted molar refractivity (Wildman–Crippen MR) is 56.2 cm³/mol. The van der Waals surface area contributed by atoms with Crippen LogP contribution in [0.4, 0.5) is 10.6 Å². The number of aromatic nitrogens is 2. The number of rotatable bonds is 0. The normalized spacial score (nSPS) is 14.9. The number of urea groups is 1. The number of carbonyl (C=O) groups is 1. The van der Waals surface area contributed by atoms with Crippen LogP contribution in [0, 0.1) is 0 Å². The molecule has 1 aromatic heterocycles. The predicted octanol–water partition coefficient (Wildman–Crippen LogP) is -0.300. The molecule has 82 valence electrons. The maximum atomic E-state index is 11.4. The lowest BCUT2D eigenvalue weighted by molar-refractivity contribution is 0.194. The van der Waals surface area contributed by atoms with Gasteiger partial charge < -0.3 is 16.0 Å². The molecule has 0 atom stereocenters. The summed E-state index contributed by atoms with van der Waals surface area (Å²) < 4.78 is 1.66. The highest BCUT2D eigenvalue weighted by Crippen LogP contribution is 2.22. The van der Waals surface area contributed by atoms with Gasteiger partial charge in [0.15, 0.2) is 0 Å². The molecule has 0 spiro atoms. The van der Waals surface area contributed by atoms with E-state index in [1.165, 1.54) is 0 Å². The molecular formula is C9H15N5O. The lowest BCUT2D eigenvalue weighted by atomic mass is 10.1. The molecule has 1 aliphatic rings. The van der Waals surface area contributed by atoms with Crippen LogP contribution in [0.5, 0.6) is 0 Å². The van der Waals surface area contributed by atoms with Crippen LogP contribution in [0.25, 0.3) is 0 Å². The van der Waals surface area contributed by atoms with Crippen molar-refractivity contribution in [3.8, 4) is 0 Å². The van der Waals surface area contributed by atoms with Gasteiger partial charge in [-0.1, -0.05) is 0 Å². The number of nitrogens with one attached hydrogen (secondary N) is 1. The summed E-state index contributed by atoms with van der Waals surface area (Å²) in [4.78, 5) is 13.1. The Bertz CT molecular complexity index is 397. The number of anilines is 1. The second-order valence-electron chi connectivity index (χ2n) is 3.66. The van der Waals surface area contributed by atoms with Crippen molar-refractivity contribution < 1.29 is 4.79 Å². The molecular weight excluding hydrogens is 194 g/mol. The third-order valence-corrected chi connectivity index (χ3v) is 2.75. The van der Waals surface area contributed by atoms with Gasteiger partial charge in [0.05, 0.1) is 12.2 Å². The summed E-state index contributed by atoms with van der Waals surface area (Å²) in [6, 6.07) is -0.0649. The number of nitrogens with zero attached hydrogens (tertiary/aromatic N) is 3. The molecule has 0 fully saturated rings. The monoisotopic (exact) mass is 209 g/mol. The third kappa shape index (κ3) is 1.51. The van der Waals surface area contributed by atoms with Gasteiger partial charge in [-0.05, 0) is 6.42 Å². The standard InChI is InChI=1S/C9H15N5O/c1-11-9(15)14-4-3-6-7(5-14)12-13(2)8(6)10/h3-5,10H2,1-2H3,(H,11,15). The first-order chi connectivity index (χ1) is 7.13. The molecule has 6 heteroatoms. The Morgan fingerprint density at radius 1 is 1.60 bits per heavy atom. The Labute approximate surface area is 88.0 Å². The van der Waals surface area contributed by atoms with Crippen LogP contribution in [0.2, 0.25) is 0 Å². The topological polar surface area (TPSA) is 76.2 Å². The van der Waals surface area contributed by atoms with Gasteiger partial charge in [0.2, 0.25) is 0 Å². The van der Waals surface area contributed by atoms with Gasteiger partial charge in [-0.3, -0.25) is 4.68 Å². The number of hydrogen-bond acceptors (Lipinski definition) is 3. The fourth-order valence-corrected chi connectivity index (χ4v) is 1.88. The van der Waals surface area contributed by atoms with Crippen molar-refractivity contribution in [1.82, 2.24) is 20.0 Å². The Balaban J connectivity index is 2.24. The molecule has 1 aliphatic heterocycles. The van der Waals surface area contributed by atoms with E-state index in [4.69, 9.17) is 5.73 Å². The lowest BCUT2D eigenvalue weighted by Crippen LogP contribution is -2.41. The molecule has 2 rings (SSSR count). The summed E-state index contributed by atoms with van der Waals surface area (Å²) in [6.45, 7) is 1.24. The zero-order valence-corrected chi connectivity index (χ0v) is 8.95. The average molecular weight is 209 g/mol. The van der Waals surface area contributed by atoms with Crippen molar-refractivity contribution >= 4 is 11.8 Å². The SMILES string of the molecule is CNC(=O)N1CCc2c(nn(C)c2N)C1. The molecule has 6 nitrogen and oxygen atoms in total. The zero-order chi connectivity index (χ0) is 11.0. The van der Waals surface area contributed by atoms with Crippen molar-refractivity contribution in [3.05, 3.63) is 11.3 Å². The van der Waals surface area contributed by atoms with Crippen molar-refractivity contribution in [2.45, 2.75) is 13.0 Å². The molecule has 0 radical (unpaired) electrons. The quantitative estimate of drug-likeness (QED) is 0.616. The summed E-state index contributed by atoms with van der Waals surface area (Å²) in [6.07, 6.45) is 0.780. The summed E-state index contributed by atoms with van der Waals surface area (Å²) in [5.41, 5.74) is 7.85. The van der Waals surface area contributed by atoms with E-state index < -0.39 is 0 Å². The highest BCUT2D eigenvalue weighted by Gasteiger charge is 2.24. The molecule has 0 aromatic carbocycles. The summed E-state index contributed by atoms with van der Waals surface area (Å²) in [5, 5.41) is 6.90. The molecule has 0 unspecified atom stereocenters. The number of hydrogen-bond donors (Lipinski definition) is 2. The summed E-state index contributed by atoms with van der Waals surface area (Å²) in [5.74, 6) is 0.710. The van der Waals surface area contributed by atoms with E-state index in [0.717, 1.165) is 17.7 Å². The highest BCUT2D eigenvalue weighted by molar-refractivity contribution is 5.74. The van der Waals surface area contributed by atoms with E-state index in [-0.39, 0.29) is 6.03 Å². The van der Waals surface area contributed by atoms with Crippen LogP contribution in [-0.2, 0) is 20.0 Å². The molecule has 3 N–H and O–H groups in total. The highest BCUT2D eigenvalue weighted by atomic mass is 16.2. The minimum Gasteiger partial charge on any atom is -0.384 e. The first kappa shape index (κ1) is 9.82. The molecule has 1 aromatic rings. The number of carbonyl (C=O) groups excluding carboxylic acids is 1. The lowest BCUT2D eigenvalue weighted by Gasteiger charge is -2.25. The van der Waals surface area contributed by atoms with E-state index in [9.17, 15) is 4.79 Å². The second kappa shape index (κ2) is 3.45. The smallest absolute Gasteiger partial charge is 0.317 e. The van der Waals surface area contributed by atoms with Crippen molar-refractivity contribution in [1.29, 1.82) is 0 Å². The van der Waals surface area contributed by atoms with Crippen LogP contribution < -0.4 is 11.1 Å². The molecule has 0 saturated carbocycles. The van der Waals surface area contributed by atoms with Gasteiger partial charge in [-0.15, -0.1) is 0 Å². The first-order valence-electron chi connectivity index (χ1n) is 4.90. The van der Waals surface area contributed by atoms with E-state index >= 15 is 0 Å². The van der Waals surface area contributed by atoms with E-state index in [0.29, 0.717) is 18.9 Å². The van der Waals surface area contributed by atoms with Crippen LogP contribution in [0.1, 0.15) is 11.3 Å². The molecule has 2 heterocycles. The van der Waals surface area contributed by atoms with E-state index in [2.05, 4.69) is 10.4 Å². The van der Waals surface area contributed by atoms with E-state index in [1.807, 2.05) is 7.05 Å². The maximum absolute atomic E-state index is 11.4. The van der Waals surface area contributed by atoms with Crippen LogP contribution >= 0.6 is 0 Å². The van der Waals surface area contributed by atoms with Crippen molar-refractivity contribution in [3.63, 3.8) is 0 Å². The fourth-order valence-electron chi connectivity index (χ4n) is 1.88. The molecule has 0 bridgehead atoms. The first-order valence-corrected chi connectivity index (χ1v) is 4.90. The molecule has 2 amide bonds. The van der Waals surface area contributed by atoms with E-state index in [1.54, 1.807) is 16.6 Å². The summed E-state index contributed by atoms with van der Waals surface area (Å²) >= 11 is 0. The number of nitrogen functional groups attached to an aromatic ring is 1. The Morgan fingerprint density at radius 2 is 2.33 bits per heavy atom. The number of nitrogens with two attached hydrogens (primary N) is 1. The minimum atomic E-state index is -0.0649. The average Bonchev–Trinajstić information content (AvgIpc) is 2.53. The van der Waals surface area contributed by atoms with Crippen LogP contribution in [0.3, 0.4) is 0 Å². The molecule has 0 aliphatic carbocycles. The van der Waals surface area contributed by atoms with Crippen LogP contribution in [0.15, 0.2) is 0 Å². The van der Waals surface area contributed by atoms with Gasteiger partial charge in [0.1, 0.15) is 5.82 Å². The molecule has 15 heavy (non-hydrogen) atoms. The zero-order valence-electron chi connectivity index (χ0n) is 8.95. The Morgan fingerprint density at radius 3 is 3.00 bits per heavy atom. The Hall–Kier alpha value is -1.72. The van der Waals surface area contributed by atoms with Crippen molar-refractivity contribution in [2.75, 3.05) is 19.3 Å². The molecule has 0 saturated heterocycles. The maximum Gasteiger partial charge on any atom is 0.317 e. The fraction of sp³-hybridized carbons (Fsp3) is 0.556. The minimum absolute atomic E-state index is 0.0649. The Kier molecular flexibility index (Phi) is 2.26. The number of amides is 2. The van der Waals surface area contributed by atoms with Gasteiger partial charge >= 0.3 is 6.03 Å². The van der Waals surface area contributed by atoms with Gasteiger partial charge in [-0.2, -0.15) is 5.10 Å². The van der Waals surface area contributed by atoms with Crippen molar-refractivity contribution in [2.24, 2.45) is 7.05 Å². The van der Waals surface area contributed by atoms with Gasteiger partial charge in [0, 0.05) is 26.2 Å². The number of fused-ring (bicyclic) bond motifs is 1. The van der Waals surface area contributed by atoms with Gasteiger partial charge in [0.25, 0.3) is 0 Å². The van der Waals surface area contributed by atoms with Crippen LogP contribution in [-0.4, -0.2) is 34.3 Å². The van der Waals surface area contributed by atoms with Gasteiger partial charge in [-0.25, -0.2) is 4.79 Å². The second-order valence-corrected chi connectivity index (χ2v) is 3.66. The number of aryl methyl sites for hydroxylation is 1.